The van der Waals surface area contributed by atoms with Gasteiger partial charge in [-0.15, -0.1) is 0 Å². The summed E-state index contributed by atoms with van der Waals surface area (Å²) in [6.07, 6.45) is -0.0640. The molecule has 2 amide bonds. The highest BCUT2D eigenvalue weighted by Gasteiger charge is 2.14. The van der Waals surface area contributed by atoms with E-state index in [4.69, 9.17) is 16.3 Å². The van der Waals surface area contributed by atoms with Crippen molar-refractivity contribution in [3.05, 3.63) is 34.9 Å². The van der Waals surface area contributed by atoms with E-state index < -0.39 is 6.10 Å². The van der Waals surface area contributed by atoms with Gasteiger partial charge < -0.3 is 20.5 Å². The number of carbonyl (C=O) groups excluding carboxylic acids is 1. The third kappa shape index (κ3) is 5.36. The molecule has 0 aliphatic heterocycles. The van der Waals surface area contributed by atoms with Crippen molar-refractivity contribution in [2.24, 2.45) is 0 Å². The Labute approximate surface area is 124 Å². The summed E-state index contributed by atoms with van der Waals surface area (Å²) in [5, 5.41) is 15.9. The molecule has 0 fully saturated rings. The highest BCUT2D eigenvalue weighted by Crippen LogP contribution is 2.21. The summed E-state index contributed by atoms with van der Waals surface area (Å²) in [5.74, 6) is 0. The number of methoxy groups -OCH3 is 1. The van der Waals surface area contributed by atoms with Gasteiger partial charge in [-0.2, -0.15) is 0 Å². The first-order chi connectivity index (χ1) is 9.58. The van der Waals surface area contributed by atoms with E-state index in [1.54, 1.807) is 31.4 Å². The lowest BCUT2D eigenvalue weighted by Gasteiger charge is -2.18. The first kappa shape index (κ1) is 16.8. The molecule has 1 aromatic rings. The topological polar surface area (TPSA) is 70.6 Å². The fraction of sp³-hybridized carbons (Fsp3) is 0.500. The Kier molecular flexibility index (Phi) is 7.36. The van der Waals surface area contributed by atoms with Crippen LogP contribution in [0.25, 0.3) is 0 Å². The summed E-state index contributed by atoms with van der Waals surface area (Å²) in [6.45, 7) is 2.51. The number of carbonyl (C=O) groups is 1. The number of halogens is 1. The number of amides is 2. The Morgan fingerprint density at radius 1 is 1.45 bits per heavy atom. The molecular weight excluding hydrogens is 280 g/mol. The second kappa shape index (κ2) is 8.79. The zero-order valence-corrected chi connectivity index (χ0v) is 12.5. The largest absolute Gasteiger partial charge is 0.387 e. The van der Waals surface area contributed by atoms with Gasteiger partial charge in [0.15, 0.2) is 0 Å². The van der Waals surface area contributed by atoms with Crippen LogP contribution in [0.1, 0.15) is 25.0 Å². The summed E-state index contributed by atoms with van der Waals surface area (Å²) in [7, 11) is 1.59. The highest BCUT2D eigenvalue weighted by molar-refractivity contribution is 6.31. The molecule has 0 radical (unpaired) electrons. The average molecular weight is 301 g/mol. The minimum absolute atomic E-state index is 0.0440. The number of hydrogen-bond acceptors (Lipinski definition) is 3. The Hall–Kier alpha value is -1.30. The van der Waals surface area contributed by atoms with E-state index in [0.29, 0.717) is 17.2 Å². The standard InChI is InChI=1S/C14H21ClN2O3/c1-3-10(9-20-2)17-14(19)16-8-13(18)11-6-4-5-7-12(11)15/h4-7,10,13,18H,3,8-9H2,1-2H3,(H2,16,17,19). The molecule has 2 unspecified atom stereocenters. The van der Waals surface area contributed by atoms with Crippen LogP contribution in [0.4, 0.5) is 4.79 Å². The van der Waals surface area contributed by atoms with Gasteiger partial charge >= 0.3 is 6.03 Å². The van der Waals surface area contributed by atoms with Gasteiger partial charge in [0.2, 0.25) is 0 Å². The molecular formula is C14H21ClN2O3. The molecule has 0 saturated carbocycles. The molecule has 0 aliphatic rings. The monoisotopic (exact) mass is 300 g/mol. The van der Waals surface area contributed by atoms with Crippen molar-refractivity contribution < 1.29 is 14.6 Å². The molecule has 0 saturated heterocycles. The maximum atomic E-state index is 11.7. The fourth-order valence-electron chi connectivity index (χ4n) is 1.74. The van der Waals surface area contributed by atoms with Crippen LogP contribution in [0.3, 0.4) is 0 Å². The van der Waals surface area contributed by atoms with Gasteiger partial charge in [-0.05, 0) is 12.5 Å². The lowest BCUT2D eigenvalue weighted by Crippen LogP contribution is -2.44. The molecule has 3 N–H and O–H groups in total. The van der Waals surface area contributed by atoms with Crippen LogP contribution in [0, 0.1) is 0 Å². The number of ether oxygens (including phenoxy) is 1. The maximum absolute atomic E-state index is 11.7. The number of aliphatic hydroxyl groups excluding tert-OH is 1. The Balaban J connectivity index is 2.42. The normalized spacial score (nSPS) is 13.6. The summed E-state index contributed by atoms with van der Waals surface area (Å²) >= 11 is 5.98. The number of nitrogens with one attached hydrogen (secondary N) is 2. The van der Waals surface area contributed by atoms with Crippen molar-refractivity contribution >= 4 is 17.6 Å². The van der Waals surface area contributed by atoms with E-state index in [0.717, 1.165) is 6.42 Å². The number of aliphatic hydroxyl groups is 1. The van der Waals surface area contributed by atoms with Gasteiger partial charge in [-0.3, -0.25) is 0 Å². The van der Waals surface area contributed by atoms with E-state index in [1.807, 2.05) is 6.92 Å². The molecule has 0 heterocycles. The van der Waals surface area contributed by atoms with Crippen LogP contribution in [0.5, 0.6) is 0 Å². The lowest BCUT2D eigenvalue weighted by molar-refractivity contribution is 0.157. The lowest BCUT2D eigenvalue weighted by atomic mass is 10.1. The molecule has 6 heteroatoms. The fourth-order valence-corrected chi connectivity index (χ4v) is 2.01. The second-order valence-electron chi connectivity index (χ2n) is 4.45. The van der Waals surface area contributed by atoms with Crippen LogP contribution in [-0.2, 0) is 4.74 Å². The predicted molar refractivity (Wildman–Crippen MR) is 78.9 cm³/mol. The van der Waals surface area contributed by atoms with Crippen molar-refractivity contribution in [1.82, 2.24) is 10.6 Å². The van der Waals surface area contributed by atoms with Gasteiger partial charge in [-0.25, -0.2) is 4.79 Å². The van der Waals surface area contributed by atoms with Crippen molar-refractivity contribution in [1.29, 1.82) is 0 Å². The number of rotatable bonds is 7. The zero-order chi connectivity index (χ0) is 15.0. The molecule has 0 aliphatic carbocycles. The highest BCUT2D eigenvalue weighted by atomic mass is 35.5. The van der Waals surface area contributed by atoms with E-state index >= 15 is 0 Å². The van der Waals surface area contributed by atoms with E-state index in [2.05, 4.69) is 10.6 Å². The van der Waals surface area contributed by atoms with E-state index in [1.165, 1.54) is 0 Å². The summed E-state index contributed by atoms with van der Waals surface area (Å²) in [5.41, 5.74) is 0.596. The molecule has 0 spiro atoms. The van der Waals surface area contributed by atoms with Gasteiger partial charge in [0.1, 0.15) is 0 Å². The minimum Gasteiger partial charge on any atom is -0.387 e. The molecule has 0 bridgehead atoms. The molecule has 5 nitrogen and oxygen atoms in total. The van der Waals surface area contributed by atoms with Crippen molar-refractivity contribution in [2.45, 2.75) is 25.5 Å². The minimum atomic E-state index is -0.836. The van der Waals surface area contributed by atoms with Crippen LogP contribution in [0.15, 0.2) is 24.3 Å². The third-order valence-electron chi connectivity index (χ3n) is 2.92. The van der Waals surface area contributed by atoms with Crippen LogP contribution >= 0.6 is 11.6 Å². The van der Waals surface area contributed by atoms with E-state index in [-0.39, 0.29) is 18.6 Å². The van der Waals surface area contributed by atoms with Gasteiger partial charge in [0, 0.05) is 24.2 Å². The average Bonchev–Trinajstić information content (AvgIpc) is 2.44. The Morgan fingerprint density at radius 3 is 2.75 bits per heavy atom. The van der Waals surface area contributed by atoms with Gasteiger partial charge in [0.05, 0.1) is 18.8 Å². The number of urea groups is 1. The van der Waals surface area contributed by atoms with Crippen molar-refractivity contribution in [3.63, 3.8) is 0 Å². The second-order valence-corrected chi connectivity index (χ2v) is 4.86. The Bertz CT molecular complexity index is 429. The zero-order valence-electron chi connectivity index (χ0n) is 11.7. The molecule has 1 rings (SSSR count). The summed E-state index contributed by atoms with van der Waals surface area (Å²) < 4.78 is 5.00. The maximum Gasteiger partial charge on any atom is 0.315 e. The van der Waals surface area contributed by atoms with Gasteiger partial charge in [-0.1, -0.05) is 36.7 Å². The molecule has 112 valence electrons. The third-order valence-corrected chi connectivity index (χ3v) is 3.26. The molecule has 0 aromatic heterocycles. The van der Waals surface area contributed by atoms with Crippen LogP contribution < -0.4 is 10.6 Å². The van der Waals surface area contributed by atoms with Crippen molar-refractivity contribution in [3.8, 4) is 0 Å². The Morgan fingerprint density at radius 2 is 2.15 bits per heavy atom. The van der Waals surface area contributed by atoms with Crippen LogP contribution in [0.2, 0.25) is 5.02 Å². The molecule has 20 heavy (non-hydrogen) atoms. The van der Waals surface area contributed by atoms with Crippen molar-refractivity contribution in [2.75, 3.05) is 20.3 Å². The van der Waals surface area contributed by atoms with Crippen LogP contribution in [-0.4, -0.2) is 37.4 Å². The SMILES string of the molecule is CCC(COC)NC(=O)NCC(O)c1ccccc1Cl. The molecule has 2 atom stereocenters. The first-order valence-electron chi connectivity index (χ1n) is 6.54. The quantitative estimate of drug-likeness (QED) is 0.722. The van der Waals surface area contributed by atoms with Gasteiger partial charge in [0.25, 0.3) is 0 Å². The number of hydrogen-bond donors (Lipinski definition) is 3. The van der Waals surface area contributed by atoms with E-state index in [9.17, 15) is 9.90 Å². The number of benzene rings is 1. The summed E-state index contributed by atoms with van der Waals surface area (Å²) in [6, 6.07) is 6.63. The molecule has 1 aromatic carbocycles. The summed E-state index contributed by atoms with van der Waals surface area (Å²) in [4.78, 5) is 11.7. The predicted octanol–water partition coefficient (Wildman–Crippen LogP) is 2.10. The smallest absolute Gasteiger partial charge is 0.315 e. The first-order valence-corrected chi connectivity index (χ1v) is 6.92.